The van der Waals surface area contributed by atoms with Gasteiger partial charge in [0, 0.05) is 24.2 Å². The third-order valence-corrected chi connectivity index (χ3v) is 2.65. The average Bonchev–Trinajstić information content (AvgIpc) is 2.79. The van der Waals surface area contributed by atoms with Gasteiger partial charge < -0.3 is 19.5 Å². The van der Waals surface area contributed by atoms with Crippen LogP contribution in [0.2, 0.25) is 0 Å². The molecule has 0 bridgehead atoms. The number of nitrogens with one attached hydrogen (secondary N) is 1. The molecular weight excluding hydrogens is 275 g/mol. The van der Waals surface area contributed by atoms with E-state index in [1.54, 1.807) is 6.07 Å². The molecule has 0 fully saturated rings. The predicted octanol–water partition coefficient (Wildman–Crippen LogP) is 2.85. The quantitative estimate of drug-likeness (QED) is 0.905. The standard InChI is InChI=1S/C13H16F3NO3/c1-8(2)17-5-9-3-11-12(20-7-19-11)4-10(9)18-6-13(14,15)16/h3-4,8,17H,5-7H2,1-2H3. The molecule has 0 saturated carbocycles. The molecule has 0 atom stereocenters. The van der Waals surface area contributed by atoms with Crippen molar-refractivity contribution in [2.24, 2.45) is 0 Å². The number of ether oxygens (including phenoxy) is 3. The van der Waals surface area contributed by atoms with E-state index in [0.29, 0.717) is 23.6 Å². The molecule has 1 aromatic carbocycles. The summed E-state index contributed by atoms with van der Waals surface area (Å²) in [4.78, 5) is 0. The van der Waals surface area contributed by atoms with Crippen molar-refractivity contribution < 1.29 is 27.4 Å². The molecule has 112 valence electrons. The summed E-state index contributed by atoms with van der Waals surface area (Å²) >= 11 is 0. The van der Waals surface area contributed by atoms with Crippen LogP contribution >= 0.6 is 0 Å². The Kier molecular flexibility index (Phi) is 4.27. The highest BCUT2D eigenvalue weighted by Gasteiger charge is 2.29. The van der Waals surface area contributed by atoms with Gasteiger partial charge in [-0.3, -0.25) is 0 Å². The van der Waals surface area contributed by atoms with E-state index in [1.165, 1.54) is 6.07 Å². The van der Waals surface area contributed by atoms with Gasteiger partial charge in [-0.15, -0.1) is 0 Å². The van der Waals surface area contributed by atoms with Crippen molar-refractivity contribution in [2.75, 3.05) is 13.4 Å². The summed E-state index contributed by atoms with van der Waals surface area (Å²) in [6.45, 7) is 3.02. The van der Waals surface area contributed by atoms with E-state index < -0.39 is 12.8 Å². The van der Waals surface area contributed by atoms with E-state index >= 15 is 0 Å². The highest BCUT2D eigenvalue weighted by Crippen LogP contribution is 2.38. The first-order chi connectivity index (χ1) is 9.35. The van der Waals surface area contributed by atoms with Gasteiger partial charge in [-0.2, -0.15) is 13.2 Å². The van der Waals surface area contributed by atoms with Gasteiger partial charge in [0.15, 0.2) is 18.1 Å². The number of benzene rings is 1. The monoisotopic (exact) mass is 291 g/mol. The largest absolute Gasteiger partial charge is 0.484 e. The second-order valence-electron chi connectivity index (χ2n) is 4.75. The topological polar surface area (TPSA) is 39.7 Å². The number of hydrogen-bond donors (Lipinski definition) is 1. The van der Waals surface area contributed by atoms with Crippen LogP contribution in [0.15, 0.2) is 12.1 Å². The zero-order valence-electron chi connectivity index (χ0n) is 11.2. The van der Waals surface area contributed by atoms with Crippen LogP contribution in [0.3, 0.4) is 0 Å². The summed E-state index contributed by atoms with van der Waals surface area (Å²) < 4.78 is 52.0. The molecule has 2 rings (SSSR count). The summed E-state index contributed by atoms with van der Waals surface area (Å²) in [6.07, 6.45) is -4.38. The molecular formula is C13H16F3NO3. The Labute approximate surface area is 114 Å². The molecule has 1 heterocycles. The molecule has 0 amide bonds. The molecule has 0 saturated heterocycles. The lowest BCUT2D eigenvalue weighted by Gasteiger charge is -2.15. The van der Waals surface area contributed by atoms with Crippen molar-refractivity contribution in [3.8, 4) is 17.2 Å². The van der Waals surface area contributed by atoms with Crippen LogP contribution in [0.1, 0.15) is 19.4 Å². The van der Waals surface area contributed by atoms with Crippen molar-refractivity contribution in [1.82, 2.24) is 5.32 Å². The Hall–Kier alpha value is -1.63. The summed E-state index contributed by atoms with van der Waals surface area (Å²) in [5.74, 6) is 1.07. The number of halogens is 3. The molecule has 0 unspecified atom stereocenters. The Morgan fingerprint density at radius 3 is 2.50 bits per heavy atom. The van der Waals surface area contributed by atoms with Gasteiger partial charge in [0.25, 0.3) is 0 Å². The van der Waals surface area contributed by atoms with Gasteiger partial charge in [0.2, 0.25) is 6.79 Å². The highest BCUT2D eigenvalue weighted by molar-refractivity contribution is 5.51. The second kappa shape index (κ2) is 5.78. The SMILES string of the molecule is CC(C)NCc1cc2c(cc1OCC(F)(F)F)OCO2. The molecule has 1 aliphatic rings. The lowest BCUT2D eigenvalue weighted by Crippen LogP contribution is -2.23. The molecule has 1 aliphatic heterocycles. The van der Waals surface area contributed by atoms with Gasteiger partial charge in [-0.05, 0) is 6.07 Å². The van der Waals surface area contributed by atoms with Gasteiger partial charge in [-0.25, -0.2) is 0 Å². The maximum Gasteiger partial charge on any atom is 0.422 e. The van der Waals surface area contributed by atoms with Crippen molar-refractivity contribution in [3.63, 3.8) is 0 Å². The third-order valence-electron chi connectivity index (χ3n) is 2.65. The first-order valence-corrected chi connectivity index (χ1v) is 6.20. The lowest BCUT2D eigenvalue weighted by atomic mass is 10.1. The minimum atomic E-state index is -4.38. The van der Waals surface area contributed by atoms with Crippen LogP contribution in [0, 0.1) is 0 Å². The molecule has 1 N–H and O–H groups in total. The maximum atomic E-state index is 12.3. The van der Waals surface area contributed by atoms with Crippen LogP contribution < -0.4 is 19.5 Å². The molecule has 20 heavy (non-hydrogen) atoms. The summed E-state index contributed by atoms with van der Waals surface area (Å²) in [6, 6.07) is 3.28. The van der Waals surface area contributed by atoms with E-state index in [-0.39, 0.29) is 18.6 Å². The minimum Gasteiger partial charge on any atom is -0.484 e. The maximum absolute atomic E-state index is 12.3. The van der Waals surface area contributed by atoms with E-state index in [9.17, 15) is 13.2 Å². The van der Waals surface area contributed by atoms with Gasteiger partial charge >= 0.3 is 6.18 Å². The summed E-state index contributed by atoms with van der Waals surface area (Å²) in [5, 5.41) is 3.13. The fraction of sp³-hybridized carbons (Fsp3) is 0.538. The molecule has 4 nitrogen and oxygen atoms in total. The fourth-order valence-corrected chi connectivity index (χ4v) is 1.71. The predicted molar refractivity (Wildman–Crippen MR) is 66.1 cm³/mol. The van der Waals surface area contributed by atoms with Crippen LogP contribution in [-0.4, -0.2) is 25.6 Å². The zero-order chi connectivity index (χ0) is 14.8. The van der Waals surface area contributed by atoms with E-state index in [0.717, 1.165) is 0 Å². The van der Waals surface area contributed by atoms with Crippen LogP contribution in [0.4, 0.5) is 13.2 Å². The van der Waals surface area contributed by atoms with E-state index in [4.69, 9.17) is 14.2 Å². The Morgan fingerprint density at radius 2 is 1.90 bits per heavy atom. The summed E-state index contributed by atoms with van der Waals surface area (Å²) in [7, 11) is 0. The van der Waals surface area contributed by atoms with Crippen molar-refractivity contribution in [1.29, 1.82) is 0 Å². The normalized spacial score (nSPS) is 13.9. The minimum absolute atomic E-state index is 0.0646. The van der Waals surface area contributed by atoms with Crippen LogP contribution in [0.5, 0.6) is 17.2 Å². The van der Waals surface area contributed by atoms with Gasteiger partial charge in [0.1, 0.15) is 5.75 Å². The average molecular weight is 291 g/mol. The molecule has 0 radical (unpaired) electrons. The highest BCUT2D eigenvalue weighted by atomic mass is 19.4. The Balaban J connectivity index is 2.18. The van der Waals surface area contributed by atoms with Crippen molar-refractivity contribution >= 4 is 0 Å². The molecule has 0 aromatic heterocycles. The summed E-state index contributed by atoms with van der Waals surface area (Å²) in [5.41, 5.74) is 0.604. The van der Waals surface area contributed by atoms with Crippen LogP contribution in [-0.2, 0) is 6.54 Å². The number of fused-ring (bicyclic) bond motifs is 1. The Bertz CT molecular complexity index is 475. The molecule has 1 aromatic rings. The van der Waals surface area contributed by atoms with E-state index in [2.05, 4.69) is 5.32 Å². The molecule has 0 spiro atoms. The fourth-order valence-electron chi connectivity index (χ4n) is 1.71. The number of alkyl halides is 3. The first kappa shape index (κ1) is 14.8. The van der Waals surface area contributed by atoms with E-state index in [1.807, 2.05) is 13.8 Å². The third kappa shape index (κ3) is 3.93. The van der Waals surface area contributed by atoms with Crippen molar-refractivity contribution in [2.45, 2.75) is 32.6 Å². The number of hydrogen-bond acceptors (Lipinski definition) is 4. The Morgan fingerprint density at radius 1 is 1.25 bits per heavy atom. The first-order valence-electron chi connectivity index (χ1n) is 6.20. The van der Waals surface area contributed by atoms with Gasteiger partial charge in [-0.1, -0.05) is 13.8 Å². The lowest BCUT2D eigenvalue weighted by molar-refractivity contribution is -0.153. The number of rotatable bonds is 5. The second-order valence-corrected chi connectivity index (χ2v) is 4.75. The van der Waals surface area contributed by atoms with Gasteiger partial charge in [0.05, 0.1) is 0 Å². The van der Waals surface area contributed by atoms with Crippen LogP contribution in [0.25, 0.3) is 0 Å². The van der Waals surface area contributed by atoms with Crippen molar-refractivity contribution in [3.05, 3.63) is 17.7 Å². The molecule has 0 aliphatic carbocycles. The molecule has 7 heteroatoms. The zero-order valence-corrected chi connectivity index (χ0v) is 11.2. The smallest absolute Gasteiger partial charge is 0.422 e.